The van der Waals surface area contributed by atoms with Crippen molar-refractivity contribution in [2.75, 3.05) is 5.43 Å². The maximum Gasteiger partial charge on any atom is 0.294 e. The van der Waals surface area contributed by atoms with Gasteiger partial charge in [-0.15, -0.1) is 9.89 Å². The van der Waals surface area contributed by atoms with Crippen LogP contribution in [-0.4, -0.2) is 15.8 Å². The smallest absolute Gasteiger partial charge is 0.273 e. The van der Waals surface area contributed by atoms with Crippen LogP contribution in [0, 0.1) is 31.6 Å². The van der Waals surface area contributed by atoms with Gasteiger partial charge in [0.1, 0.15) is 5.69 Å². The van der Waals surface area contributed by atoms with E-state index in [4.69, 9.17) is 0 Å². The molecule has 2 aromatic carbocycles. The summed E-state index contributed by atoms with van der Waals surface area (Å²) in [4.78, 5) is 26.9. The number of hydrogen-bond donors (Lipinski definition) is 1. The number of nitrogens with one attached hydrogen (secondary N) is 1. The Kier molecular flexibility index (Phi) is 4.54. The molecule has 3 atom stereocenters. The Hall–Kier alpha value is -3.21. The minimum Gasteiger partial charge on any atom is -0.273 e. The number of rotatable bonds is 4. The number of benzene rings is 2. The van der Waals surface area contributed by atoms with E-state index >= 15 is 0 Å². The summed E-state index contributed by atoms with van der Waals surface area (Å²) in [5.41, 5.74) is 6.36. The summed E-state index contributed by atoms with van der Waals surface area (Å²) in [5.74, 6) is 1.31. The average molecular weight is 399 g/mol. The van der Waals surface area contributed by atoms with Gasteiger partial charge >= 0.3 is 0 Å². The number of amides is 1. The van der Waals surface area contributed by atoms with Crippen molar-refractivity contribution in [3.05, 3.63) is 76.1 Å². The predicted octanol–water partition coefficient (Wildman–Crippen LogP) is 4.35. The highest BCUT2D eigenvalue weighted by molar-refractivity contribution is 5.95. The minimum absolute atomic E-state index is 0.155. The van der Waals surface area contributed by atoms with Crippen molar-refractivity contribution in [3.8, 4) is 11.3 Å². The molecule has 0 radical (unpaired) electrons. The fraction of sp³-hybridized carbons (Fsp3) is 0.320. The third-order valence-electron chi connectivity index (χ3n) is 6.54. The van der Waals surface area contributed by atoms with Gasteiger partial charge in [0, 0.05) is 17.4 Å². The molecule has 2 aliphatic rings. The van der Waals surface area contributed by atoms with Gasteiger partial charge in [0.2, 0.25) is 5.91 Å². The Morgan fingerprint density at radius 3 is 2.60 bits per heavy atom. The third kappa shape index (κ3) is 3.24. The molecule has 2 aliphatic carbocycles. The lowest BCUT2D eigenvalue weighted by molar-refractivity contribution is -0.118. The first-order valence-corrected chi connectivity index (χ1v) is 10.6. The van der Waals surface area contributed by atoms with Crippen LogP contribution in [0.4, 0.5) is 0 Å². The van der Waals surface area contributed by atoms with E-state index in [1.54, 1.807) is 6.07 Å². The van der Waals surface area contributed by atoms with Crippen LogP contribution in [0.25, 0.3) is 22.0 Å². The molecular formula is C25H25N3O2. The first kappa shape index (κ1) is 18.8. The lowest BCUT2D eigenvalue weighted by atomic mass is 9.90. The monoisotopic (exact) mass is 399 g/mol. The maximum atomic E-state index is 13.0. The standard InChI is InChI=1S/C25H25N3O2/c1-15-7-10-20(16(2)11-15)24-21-5-3-4-6-22(21)25(30)28(27-24)26-23(29)14-19-13-17-8-9-18(19)12-17/h3-11,17-19H,12-14H2,1-2H3,(H,26,29)/t17-,18-,19+/m1/s1. The van der Waals surface area contributed by atoms with Gasteiger partial charge in [-0.2, -0.15) is 0 Å². The number of aromatic nitrogens is 2. The molecule has 0 saturated heterocycles. The molecule has 1 heterocycles. The van der Waals surface area contributed by atoms with Crippen molar-refractivity contribution in [2.45, 2.75) is 33.1 Å². The van der Waals surface area contributed by atoms with Crippen molar-refractivity contribution >= 4 is 16.7 Å². The van der Waals surface area contributed by atoms with E-state index in [1.807, 2.05) is 44.2 Å². The summed E-state index contributed by atoms with van der Waals surface area (Å²) in [7, 11) is 0. The molecule has 5 heteroatoms. The second-order valence-corrected chi connectivity index (χ2v) is 8.71. The summed E-state index contributed by atoms with van der Waals surface area (Å²) in [6, 6.07) is 13.6. The van der Waals surface area contributed by atoms with Crippen LogP contribution >= 0.6 is 0 Å². The molecule has 1 N–H and O–H groups in total. The van der Waals surface area contributed by atoms with Crippen LogP contribution < -0.4 is 11.0 Å². The highest BCUT2D eigenvalue weighted by Gasteiger charge is 2.36. The molecule has 1 saturated carbocycles. The zero-order valence-corrected chi connectivity index (χ0v) is 17.3. The van der Waals surface area contributed by atoms with Crippen molar-refractivity contribution in [1.82, 2.24) is 9.89 Å². The molecule has 1 amide bonds. The minimum atomic E-state index is -0.305. The van der Waals surface area contributed by atoms with E-state index in [1.165, 1.54) is 5.56 Å². The van der Waals surface area contributed by atoms with Gasteiger partial charge in [-0.3, -0.25) is 9.59 Å². The van der Waals surface area contributed by atoms with Crippen LogP contribution in [0.5, 0.6) is 0 Å². The van der Waals surface area contributed by atoms with Gasteiger partial charge < -0.3 is 0 Å². The van der Waals surface area contributed by atoms with Crippen LogP contribution in [0.3, 0.4) is 0 Å². The van der Waals surface area contributed by atoms with Crippen LogP contribution in [0.2, 0.25) is 0 Å². The molecule has 0 aliphatic heterocycles. The first-order chi connectivity index (χ1) is 14.5. The van der Waals surface area contributed by atoms with Crippen LogP contribution in [0.15, 0.2) is 59.4 Å². The molecule has 1 fully saturated rings. The molecule has 5 nitrogen and oxygen atoms in total. The highest BCUT2D eigenvalue weighted by Crippen LogP contribution is 2.44. The largest absolute Gasteiger partial charge is 0.294 e. The van der Waals surface area contributed by atoms with E-state index in [9.17, 15) is 9.59 Å². The van der Waals surface area contributed by atoms with Gasteiger partial charge in [0.15, 0.2) is 0 Å². The molecule has 5 rings (SSSR count). The molecular weight excluding hydrogens is 374 g/mol. The molecule has 0 spiro atoms. The Morgan fingerprint density at radius 1 is 1.10 bits per heavy atom. The molecule has 2 bridgehead atoms. The number of fused-ring (bicyclic) bond motifs is 3. The van der Waals surface area contributed by atoms with E-state index in [-0.39, 0.29) is 11.5 Å². The quantitative estimate of drug-likeness (QED) is 0.663. The van der Waals surface area contributed by atoms with Crippen molar-refractivity contribution in [1.29, 1.82) is 0 Å². The third-order valence-corrected chi connectivity index (χ3v) is 6.54. The second kappa shape index (κ2) is 7.24. The van der Waals surface area contributed by atoms with E-state index in [0.29, 0.717) is 35.3 Å². The predicted molar refractivity (Wildman–Crippen MR) is 119 cm³/mol. The topological polar surface area (TPSA) is 64.0 Å². The normalized spacial score (nSPS) is 22.0. The fourth-order valence-electron chi connectivity index (χ4n) is 5.07. The molecule has 0 unspecified atom stereocenters. The number of carbonyl (C=O) groups is 1. The van der Waals surface area contributed by atoms with Gasteiger partial charge in [-0.25, -0.2) is 5.43 Å². The number of allylic oxidation sites excluding steroid dienone is 2. The summed E-state index contributed by atoms with van der Waals surface area (Å²) in [6.45, 7) is 4.09. The second-order valence-electron chi connectivity index (χ2n) is 8.71. The summed E-state index contributed by atoms with van der Waals surface area (Å²) in [5, 5.41) is 5.92. The molecule has 3 aromatic rings. The maximum absolute atomic E-state index is 13.0. The zero-order chi connectivity index (χ0) is 20.8. The number of aryl methyl sites for hydroxylation is 2. The lowest BCUT2D eigenvalue weighted by Crippen LogP contribution is -2.36. The van der Waals surface area contributed by atoms with Gasteiger partial charge in [0.25, 0.3) is 5.56 Å². The Bertz CT molecular complexity index is 1240. The molecule has 152 valence electrons. The van der Waals surface area contributed by atoms with Crippen molar-refractivity contribution in [2.24, 2.45) is 17.8 Å². The van der Waals surface area contributed by atoms with Crippen LogP contribution in [0.1, 0.15) is 30.4 Å². The SMILES string of the molecule is Cc1ccc(-c2nn(NC(=O)C[C@@H]3C[C@@H]4C=C[C@@H]3C4)c(=O)c3ccccc23)c(C)c1. The van der Waals surface area contributed by atoms with E-state index in [0.717, 1.165) is 34.1 Å². The highest BCUT2D eigenvalue weighted by atomic mass is 16.2. The zero-order valence-electron chi connectivity index (χ0n) is 17.3. The molecule has 30 heavy (non-hydrogen) atoms. The lowest BCUT2D eigenvalue weighted by Gasteiger charge is -2.18. The van der Waals surface area contributed by atoms with Gasteiger partial charge in [-0.1, -0.05) is 54.1 Å². The van der Waals surface area contributed by atoms with E-state index < -0.39 is 0 Å². The number of nitrogens with zero attached hydrogens (tertiary/aromatic N) is 2. The Morgan fingerprint density at radius 2 is 1.90 bits per heavy atom. The average Bonchev–Trinajstić information content (AvgIpc) is 3.34. The van der Waals surface area contributed by atoms with Crippen molar-refractivity contribution < 1.29 is 4.79 Å². The van der Waals surface area contributed by atoms with Crippen molar-refractivity contribution in [3.63, 3.8) is 0 Å². The van der Waals surface area contributed by atoms with Gasteiger partial charge in [-0.05, 0) is 56.1 Å². The molecule has 1 aromatic heterocycles. The summed E-state index contributed by atoms with van der Waals surface area (Å²) < 4.78 is 0. The van der Waals surface area contributed by atoms with E-state index in [2.05, 4.69) is 28.7 Å². The first-order valence-electron chi connectivity index (χ1n) is 10.6. The fourth-order valence-corrected chi connectivity index (χ4v) is 5.07. The Balaban J connectivity index is 1.52. The number of hydrogen-bond acceptors (Lipinski definition) is 3. The van der Waals surface area contributed by atoms with Gasteiger partial charge in [0.05, 0.1) is 5.39 Å². The Labute approximate surface area is 175 Å². The summed E-state index contributed by atoms with van der Waals surface area (Å²) >= 11 is 0. The summed E-state index contributed by atoms with van der Waals surface area (Å²) in [6.07, 6.45) is 7.15. The van der Waals surface area contributed by atoms with Crippen LogP contribution in [-0.2, 0) is 4.79 Å². The number of carbonyl (C=O) groups excluding carboxylic acids is 1.